The highest BCUT2D eigenvalue weighted by Gasteiger charge is 2.38. The molecule has 6 heteroatoms. The van der Waals surface area contributed by atoms with Gasteiger partial charge in [0.25, 0.3) is 0 Å². The van der Waals surface area contributed by atoms with Crippen molar-refractivity contribution in [1.29, 1.82) is 0 Å². The molecule has 1 saturated heterocycles. The first-order valence-electron chi connectivity index (χ1n) is 5.45. The fourth-order valence-electron chi connectivity index (χ4n) is 2.54. The van der Waals surface area contributed by atoms with E-state index in [2.05, 4.69) is 15.6 Å². The molecule has 0 amide bonds. The number of hydrogen-bond acceptors (Lipinski definition) is 4. The number of nitrogens with zero attached hydrogens (tertiary/aromatic N) is 2. The van der Waals surface area contributed by atoms with E-state index in [1.807, 2.05) is 0 Å². The van der Waals surface area contributed by atoms with Crippen LogP contribution in [0.4, 0.5) is 5.82 Å². The summed E-state index contributed by atoms with van der Waals surface area (Å²) in [6.45, 7) is 2.67. The van der Waals surface area contributed by atoms with E-state index >= 15 is 0 Å². The van der Waals surface area contributed by atoms with Gasteiger partial charge in [-0.05, 0) is 25.9 Å². The van der Waals surface area contributed by atoms with Crippen molar-refractivity contribution in [3.63, 3.8) is 0 Å². The Kier molecular flexibility index (Phi) is 2.19. The Morgan fingerprint density at radius 3 is 2.94 bits per heavy atom. The first-order valence-corrected chi connectivity index (χ1v) is 5.83. The van der Waals surface area contributed by atoms with Crippen molar-refractivity contribution < 1.29 is 0 Å². The van der Waals surface area contributed by atoms with Crippen LogP contribution in [0.2, 0.25) is 5.15 Å². The molecule has 0 atom stereocenters. The van der Waals surface area contributed by atoms with E-state index in [0.29, 0.717) is 6.54 Å². The normalized spacial score (nSPS) is 21.8. The summed E-state index contributed by atoms with van der Waals surface area (Å²) >= 11 is 5.78. The van der Waals surface area contributed by atoms with Crippen LogP contribution in [-0.4, -0.2) is 28.2 Å². The summed E-state index contributed by atoms with van der Waals surface area (Å²) < 4.78 is 1.68. The van der Waals surface area contributed by atoms with Crippen LogP contribution in [0.1, 0.15) is 12.8 Å². The van der Waals surface area contributed by atoms with Gasteiger partial charge in [0.1, 0.15) is 11.0 Å². The van der Waals surface area contributed by atoms with Crippen LogP contribution in [0.15, 0.2) is 10.9 Å². The zero-order chi connectivity index (χ0) is 11.2. The Balaban J connectivity index is 1.99. The van der Waals surface area contributed by atoms with Gasteiger partial charge in [-0.15, -0.1) is 0 Å². The molecule has 86 valence electrons. The molecule has 1 fully saturated rings. The number of halogens is 1. The number of hydrogen-bond donors (Lipinski definition) is 2. The summed E-state index contributed by atoms with van der Waals surface area (Å²) in [4.78, 5) is 15.4. The minimum Gasteiger partial charge on any atom is -0.364 e. The highest BCUT2D eigenvalue weighted by Crippen LogP contribution is 2.32. The molecule has 2 aliphatic heterocycles. The number of aromatic nitrogens is 2. The largest absolute Gasteiger partial charge is 0.364 e. The van der Waals surface area contributed by atoms with Crippen molar-refractivity contribution in [2.75, 3.05) is 18.4 Å². The van der Waals surface area contributed by atoms with Gasteiger partial charge in [-0.1, -0.05) is 11.6 Å². The Labute approximate surface area is 97.8 Å². The maximum atomic E-state index is 11.7. The molecular weight excluding hydrogens is 228 g/mol. The molecule has 16 heavy (non-hydrogen) atoms. The van der Waals surface area contributed by atoms with E-state index in [1.165, 1.54) is 0 Å². The van der Waals surface area contributed by atoms with Gasteiger partial charge >= 0.3 is 5.69 Å². The molecule has 3 heterocycles. The molecule has 0 bridgehead atoms. The summed E-state index contributed by atoms with van der Waals surface area (Å²) in [5.41, 5.74) is -0.241. The number of anilines is 1. The second kappa shape index (κ2) is 3.46. The van der Waals surface area contributed by atoms with Gasteiger partial charge < -0.3 is 10.6 Å². The topological polar surface area (TPSA) is 59.0 Å². The van der Waals surface area contributed by atoms with E-state index < -0.39 is 0 Å². The van der Waals surface area contributed by atoms with E-state index in [-0.39, 0.29) is 16.4 Å². The number of fused-ring (bicyclic) bond motifs is 1. The second-order valence-electron chi connectivity index (χ2n) is 4.49. The molecule has 0 radical (unpaired) electrons. The quantitative estimate of drug-likeness (QED) is 0.647. The van der Waals surface area contributed by atoms with Crippen LogP contribution < -0.4 is 16.3 Å². The van der Waals surface area contributed by atoms with Crippen molar-refractivity contribution in [3.8, 4) is 0 Å². The average molecular weight is 241 g/mol. The van der Waals surface area contributed by atoms with Gasteiger partial charge in [-0.3, -0.25) is 4.57 Å². The first kappa shape index (κ1) is 10.1. The number of rotatable bonds is 0. The summed E-state index contributed by atoms with van der Waals surface area (Å²) in [5, 5.41) is 7.01. The summed E-state index contributed by atoms with van der Waals surface area (Å²) in [6.07, 6.45) is 2.04. The molecule has 0 saturated carbocycles. The summed E-state index contributed by atoms with van der Waals surface area (Å²) in [5.74, 6) is 0.798. The number of piperidine rings is 1. The van der Waals surface area contributed by atoms with Crippen molar-refractivity contribution in [1.82, 2.24) is 14.9 Å². The molecule has 1 aromatic rings. The molecular formula is C10H13ClN4O. The summed E-state index contributed by atoms with van der Waals surface area (Å²) in [7, 11) is 0. The minimum atomic E-state index is -0.259. The monoisotopic (exact) mass is 240 g/mol. The van der Waals surface area contributed by atoms with Crippen LogP contribution in [0.25, 0.3) is 0 Å². The zero-order valence-electron chi connectivity index (χ0n) is 8.79. The molecule has 0 aliphatic carbocycles. The van der Waals surface area contributed by atoms with Gasteiger partial charge in [0.05, 0.1) is 12.1 Å². The van der Waals surface area contributed by atoms with Gasteiger partial charge in [0, 0.05) is 6.07 Å². The molecule has 1 spiro atoms. The smallest absolute Gasteiger partial charge is 0.350 e. The highest BCUT2D eigenvalue weighted by molar-refractivity contribution is 6.29. The van der Waals surface area contributed by atoms with Gasteiger partial charge in [-0.2, -0.15) is 4.98 Å². The summed E-state index contributed by atoms with van der Waals surface area (Å²) in [6, 6.07) is 1.72. The Bertz CT molecular complexity index is 478. The van der Waals surface area contributed by atoms with Crippen LogP contribution in [-0.2, 0) is 6.54 Å². The molecule has 0 aromatic carbocycles. The fourth-order valence-corrected chi connectivity index (χ4v) is 2.71. The third-order valence-electron chi connectivity index (χ3n) is 3.39. The second-order valence-corrected chi connectivity index (χ2v) is 4.88. The van der Waals surface area contributed by atoms with Crippen molar-refractivity contribution in [2.24, 2.45) is 0 Å². The van der Waals surface area contributed by atoms with Gasteiger partial charge in [0.15, 0.2) is 0 Å². The van der Waals surface area contributed by atoms with Crippen LogP contribution >= 0.6 is 11.6 Å². The fraction of sp³-hybridized carbons (Fsp3) is 0.600. The van der Waals surface area contributed by atoms with Crippen LogP contribution in [0.5, 0.6) is 0 Å². The third-order valence-corrected chi connectivity index (χ3v) is 3.59. The Morgan fingerprint density at radius 1 is 1.44 bits per heavy atom. The van der Waals surface area contributed by atoms with E-state index in [4.69, 9.17) is 11.6 Å². The molecule has 1 aromatic heterocycles. The first-order chi connectivity index (χ1) is 7.69. The predicted octanol–water partition coefficient (Wildman–Crippen LogP) is 0.444. The lowest BCUT2D eigenvalue weighted by molar-refractivity contribution is 0.322. The predicted molar refractivity (Wildman–Crippen MR) is 62.0 cm³/mol. The lowest BCUT2D eigenvalue weighted by atomic mass is 9.89. The minimum absolute atomic E-state index is 0.0176. The molecule has 5 nitrogen and oxygen atoms in total. The van der Waals surface area contributed by atoms with Crippen LogP contribution in [0, 0.1) is 0 Å². The molecule has 2 N–H and O–H groups in total. The zero-order valence-corrected chi connectivity index (χ0v) is 9.55. The molecule has 3 rings (SSSR count). The highest BCUT2D eigenvalue weighted by atomic mass is 35.5. The maximum absolute atomic E-state index is 11.7. The lowest BCUT2D eigenvalue weighted by Crippen LogP contribution is -2.47. The third kappa shape index (κ3) is 1.51. The Hall–Kier alpha value is -1.07. The number of nitrogens with one attached hydrogen (secondary N) is 2. The molecule has 0 unspecified atom stereocenters. The van der Waals surface area contributed by atoms with Gasteiger partial charge in [0.2, 0.25) is 0 Å². The SMILES string of the molecule is O=c1nc(Cl)cc2n1CC1(CCNCC1)N2. The average Bonchev–Trinajstić information content (AvgIpc) is 2.57. The van der Waals surface area contributed by atoms with E-state index in [9.17, 15) is 4.79 Å². The van der Waals surface area contributed by atoms with Crippen molar-refractivity contribution in [2.45, 2.75) is 24.9 Å². The van der Waals surface area contributed by atoms with Crippen LogP contribution in [0.3, 0.4) is 0 Å². The lowest BCUT2D eigenvalue weighted by Gasteiger charge is -2.33. The van der Waals surface area contributed by atoms with E-state index in [1.54, 1.807) is 10.6 Å². The maximum Gasteiger partial charge on any atom is 0.350 e. The van der Waals surface area contributed by atoms with Crippen molar-refractivity contribution in [3.05, 3.63) is 21.7 Å². The standard InChI is InChI=1S/C10H13ClN4O/c11-7-5-8-14-10(1-3-12-4-2-10)6-15(8)9(16)13-7/h5,12,14H,1-4,6H2. The van der Waals surface area contributed by atoms with Gasteiger partial charge in [-0.25, -0.2) is 4.79 Å². The Morgan fingerprint density at radius 2 is 2.19 bits per heavy atom. The van der Waals surface area contributed by atoms with Crippen molar-refractivity contribution >= 4 is 17.4 Å². The molecule has 2 aliphatic rings. The van der Waals surface area contributed by atoms with E-state index in [0.717, 1.165) is 31.7 Å².